The molecule has 6 rings (SSSR count). The first-order valence-electron chi connectivity index (χ1n) is 9.62. The number of amides is 3. The number of anilines is 1. The van der Waals surface area contributed by atoms with Gasteiger partial charge in [-0.15, -0.1) is 0 Å². The number of halogens is 1. The van der Waals surface area contributed by atoms with E-state index in [0.717, 1.165) is 6.42 Å². The third-order valence-electron chi connectivity index (χ3n) is 6.88. The molecule has 0 spiro atoms. The lowest BCUT2D eigenvalue weighted by Gasteiger charge is -2.37. The summed E-state index contributed by atoms with van der Waals surface area (Å²) >= 11 is 6.02. The van der Waals surface area contributed by atoms with E-state index in [4.69, 9.17) is 16.3 Å². The van der Waals surface area contributed by atoms with Crippen LogP contribution in [0.15, 0.2) is 30.4 Å². The van der Waals surface area contributed by atoms with Crippen molar-refractivity contribution in [1.82, 2.24) is 4.90 Å². The van der Waals surface area contributed by atoms with Crippen molar-refractivity contribution in [2.75, 3.05) is 12.4 Å². The summed E-state index contributed by atoms with van der Waals surface area (Å²) in [4.78, 5) is 40.3. The molecule has 4 aliphatic carbocycles. The van der Waals surface area contributed by atoms with E-state index in [-0.39, 0.29) is 35.5 Å². The molecular weight excluding hydrogens is 380 g/mol. The van der Waals surface area contributed by atoms with E-state index in [0.29, 0.717) is 28.3 Å². The van der Waals surface area contributed by atoms with E-state index in [1.54, 1.807) is 25.1 Å². The van der Waals surface area contributed by atoms with Gasteiger partial charge in [-0.1, -0.05) is 23.8 Å². The Morgan fingerprint density at radius 1 is 1.18 bits per heavy atom. The molecule has 1 N–H and O–H groups in total. The molecule has 7 unspecified atom stereocenters. The monoisotopic (exact) mass is 400 g/mol. The highest BCUT2D eigenvalue weighted by molar-refractivity contribution is 6.31. The van der Waals surface area contributed by atoms with Gasteiger partial charge in [-0.05, 0) is 55.2 Å². The maximum Gasteiger partial charge on any atom is 0.247 e. The number of imide groups is 1. The number of benzene rings is 1. The summed E-state index contributed by atoms with van der Waals surface area (Å²) in [5.41, 5.74) is 0.409. The van der Waals surface area contributed by atoms with Crippen LogP contribution in [0.2, 0.25) is 5.02 Å². The van der Waals surface area contributed by atoms with E-state index in [1.165, 1.54) is 12.0 Å². The molecule has 1 aromatic rings. The summed E-state index contributed by atoms with van der Waals surface area (Å²) < 4.78 is 5.25. The minimum atomic E-state index is -0.898. The minimum Gasteiger partial charge on any atom is -0.495 e. The summed E-state index contributed by atoms with van der Waals surface area (Å²) in [6, 6.07) is 3.99. The van der Waals surface area contributed by atoms with Crippen molar-refractivity contribution in [3.63, 3.8) is 0 Å². The molecule has 1 aliphatic heterocycles. The molecule has 1 heterocycles. The third kappa shape index (κ3) is 2.37. The molecule has 7 atom stereocenters. The van der Waals surface area contributed by atoms with Crippen LogP contribution in [0.5, 0.6) is 5.75 Å². The number of hydrogen-bond acceptors (Lipinski definition) is 4. The molecule has 146 valence electrons. The normalized spacial score (nSPS) is 35.5. The summed E-state index contributed by atoms with van der Waals surface area (Å²) in [5.74, 6) is 0.353. The first-order valence-corrected chi connectivity index (χ1v) is 10.00. The first kappa shape index (κ1) is 17.7. The van der Waals surface area contributed by atoms with Crippen molar-refractivity contribution >= 4 is 35.0 Å². The van der Waals surface area contributed by atoms with E-state index in [2.05, 4.69) is 17.5 Å². The van der Waals surface area contributed by atoms with Crippen molar-refractivity contribution < 1.29 is 19.1 Å². The molecule has 28 heavy (non-hydrogen) atoms. The Kier molecular flexibility index (Phi) is 3.85. The van der Waals surface area contributed by atoms with Gasteiger partial charge in [0.1, 0.15) is 11.8 Å². The zero-order chi connectivity index (χ0) is 19.7. The van der Waals surface area contributed by atoms with Crippen molar-refractivity contribution in [2.24, 2.45) is 35.5 Å². The van der Waals surface area contributed by atoms with E-state index < -0.39 is 11.9 Å². The molecule has 0 radical (unpaired) electrons. The van der Waals surface area contributed by atoms with Crippen LogP contribution >= 0.6 is 11.6 Å². The number of carbonyl (C=O) groups excluding carboxylic acids is 3. The molecule has 2 saturated carbocycles. The van der Waals surface area contributed by atoms with Gasteiger partial charge in [-0.3, -0.25) is 19.3 Å². The number of ether oxygens (including phenoxy) is 1. The molecule has 3 fully saturated rings. The highest BCUT2D eigenvalue weighted by Gasteiger charge is 2.67. The molecule has 5 aliphatic rings. The Hall–Kier alpha value is -2.34. The molecule has 1 aromatic carbocycles. The lowest BCUT2D eigenvalue weighted by Crippen LogP contribution is -2.46. The summed E-state index contributed by atoms with van der Waals surface area (Å²) in [6.07, 6.45) is 5.35. The average molecular weight is 401 g/mol. The molecule has 0 aromatic heterocycles. The highest BCUT2D eigenvalue weighted by atomic mass is 35.5. The predicted molar refractivity (Wildman–Crippen MR) is 103 cm³/mol. The molecule has 6 nitrogen and oxygen atoms in total. The van der Waals surface area contributed by atoms with Gasteiger partial charge in [0.15, 0.2) is 0 Å². The fraction of sp³-hybridized carbons (Fsp3) is 0.476. The fourth-order valence-electron chi connectivity index (χ4n) is 5.49. The van der Waals surface area contributed by atoms with Crippen LogP contribution in [0.1, 0.15) is 13.3 Å². The van der Waals surface area contributed by atoms with Crippen LogP contribution in [0.3, 0.4) is 0 Å². The number of likely N-dealkylation sites (tertiary alicyclic amines) is 1. The Balaban J connectivity index is 1.38. The van der Waals surface area contributed by atoms with Crippen LogP contribution in [0.25, 0.3) is 0 Å². The number of methoxy groups -OCH3 is 1. The van der Waals surface area contributed by atoms with Crippen LogP contribution in [0, 0.1) is 35.5 Å². The van der Waals surface area contributed by atoms with Gasteiger partial charge in [0.25, 0.3) is 0 Å². The molecule has 1 saturated heterocycles. The van der Waals surface area contributed by atoms with Gasteiger partial charge < -0.3 is 10.1 Å². The summed E-state index contributed by atoms with van der Waals surface area (Å²) in [6.45, 7) is 1.59. The van der Waals surface area contributed by atoms with Gasteiger partial charge >= 0.3 is 0 Å². The Bertz CT molecular complexity index is 893. The maximum absolute atomic E-state index is 13.1. The number of nitrogens with zero attached hydrogens (tertiary/aromatic N) is 1. The minimum absolute atomic E-state index is 0.143. The third-order valence-corrected chi connectivity index (χ3v) is 7.12. The van der Waals surface area contributed by atoms with E-state index in [1.807, 2.05) is 0 Å². The van der Waals surface area contributed by atoms with Crippen molar-refractivity contribution in [3.8, 4) is 5.75 Å². The number of allylic oxidation sites excluding steroid dienone is 2. The van der Waals surface area contributed by atoms with E-state index >= 15 is 0 Å². The Labute approximate surface area is 167 Å². The number of carbonyl (C=O) groups is 3. The second kappa shape index (κ2) is 6.08. The topological polar surface area (TPSA) is 75.7 Å². The lowest BCUT2D eigenvalue weighted by atomic mass is 9.63. The average Bonchev–Trinajstić information content (AvgIpc) is 3.45. The molecule has 7 heteroatoms. The molecule has 3 amide bonds. The molecular formula is C21H21ClN2O4. The van der Waals surface area contributed by atoms with Crippen LogP contribution in [-0.2, 0) is 14.4 Å². The van der Waals surface area contributed by atoms with Gasteiger partial charge in [0.2, 0.25) is 17.7 Å². The van der Waals surface area contributed by atoms with Crippen molar-refractivity contribution in [2.45, 2.75) is 19.4 Å². The quantitative estimate of drug-likeness (QED) is 0.622. The second-order valence-corrected chi connectivity index (χ2v) is 8.65. The standard InChI is InChI=1S/C21H21ClN2O4/c1-9(19(25)23-15-7-10(22)3-6-16(15)28-2)24-20(26)17-11-4-5-12(14-8-13(11)14)18(17)21(24)27/h3-7,9,11-14,17-18H,8H2,1-2H3,(H,23,25). The zero-order valence-electron chi connectivity index (χ0n) is 15.6. The SMILES string of the molecule is COc1ccc(Cl)cc1NC(=O)C(C)N1C(=O)C2C3C=CC(C4CC34)C2C1=O. The zero-order valence-corrected chi connectivity index (χ0v) is 16.3. The highest BCUT2D eigenvalue weighted by Crippen LogP contribution is 2.65. The van der Waals surface area contributed by atoms with E-state index in [9.17, 15) is 14.4 Å². The Morgan fingerprint density at radius 3 is 2.36 bits per heavy atom. The van der Waals surface area contributed by atoms with Crippen LogP contribution in [-0.4, -0.2) is 35.8 Å². The number of nitrogens with one attached hydrogen (secondary N) is 1. The number of rotatable bonds is 4. The first-order chi connectivity index (χ1) is 13.4. The van der Waals surface area contributed by atoms with Gasteiger partial charge in [0, 0.05) is 5.02 Å². The fourth-order valence-corrected chi connectivity index (χ4v) is 5.67. The largest absolute Gasteiger partial charge is 0.495 e. The van der Waals surface area contributed by atoms with Gasteiger partial charge in [0.05, 0.1) is 24.6 Å². The Morgan fingerprint density at radius 2 is 1.79 bits per heavy atom. The van der Waals surface area contributed by atoms with Gasteiger partial charge in [-0.2, -0.15) is 0 Å². The maximum atomic E-state index is 13.1. The van der Waals surface area contributed by atoms with Crippen LogP contribution < -0.4 is 10.1 Å². The lowest BCUT2D eigenvalue weighted by molar-refractivity contribution is -0.146. The number of hydrogen-bond donors (Lipinski definition) is 1. The molecule has 2 bridgehead atoms. The van der Waals surface area contributed by atoms with Crippen LogP contribution in [0.4, 0.5) is 5.69 Å². The van der Waals surface area contributed by atoms with Crippen molar-refractivity contribution in [3.05, 3.63) is 35.4 Å². The summed E-state index contributed by atoms with van der Waals surface area (Å²) in [7, 11) is 1.49. The smallest absolute Gasteiger partial charge is 0.247 e. The second-order valence-electron chi connectivity index (χ2n) is 8.21. The van der Waals surface area contributed by atoms with Crippen molar-refractivity contribution in [1.29, 1.82) is 0 Å². The van der Waals surface area contributed by atoms with Gasteiger partial charge in [-0.25, -0.2) is 0 Å². The summed E-state index contributed by atoms with van der Waals surface area (Å²) in [5, 5.41) is 3.20. The predicted octanol–water partition coefficient (Wildman–Crippen LogP) is 2.73.